The zero-order valence-corrected chi connectivity index (χ0v) is 12.1. The number of allylic oxidation sites excluding steroid dienone is 1. The van der Waals surface area contributed by atoms with Gasteiger partial charge in [0.15, 0.2) is 0 Å². The topological polar surface area (TPSA) is 21.3 Å². The van der Waals surface area contributed by atoms with Crippen LogP contribution < -0.4 is 5.32 Å². The first-order valence-corrected chi connectivity index (χ1v) is 7.87. The van der Waals surface area contributed by atoms with Crippen LogP contribution >= 0.6 is 0 Å². The third kappa shape index (κ3) is 3.58. The number of hydrogen-bond donors (Lipinski definition) is 1. The lowest BCUT2D eigenvalue weighted by Crippen LogP contribution is -2.41. The highest BCUT2D eigenvalue weighted by atomic mass is 16.5. The molecule has 0 saturated carbocycles. The van der Waals surface area contributed by atoms with Crippen molar-refractivity contribution in [2.24, 2.45) is 5.92 Å². The smallest absolute Gasteiger partial charge is 0.0594 e. The van der Waals surface area contributed by atoms with Crippen LogP contribution in [0.25, 0.3) is 0 Å². The molecule has 0 aromatic rings. The predicted molar refractivity (Wildman–Crippen MR) is 76.8 cm³/mol. The van der Waals surface area contributed by atoms with Crippen LogP contribution in [0.3, 0.4) is 0 Å². The Balaban J connectivity index is 2.05. The number of ether oxygens (including phenoxy) is 1. The van der Waals surface area contributed by atoms with Crippen LogP contribution in [0, 0.1) is 5.92 Å². The third-order valence-corrected chi connectivity index (χ3v) is 4.45. The molecule has 2 nitrogen and oxygen atoms in total. The van der Waals surface area contributed by atoms with Crippen LogP contribution in [-0.2, 0) is 4.74 Å². The van der Waals surface area contributed by atoms with Gasteiger partial charge in [0.05, 0.1) is 6.10 Å². The molecule has 1 aliphatic heterocycles. The zero-order valence-electron chi connectivity index (χ0n) is 12.1. The number of nitrogens with one attached hydrogen (secondary N) is 1. The van der Waals surface area contributed by atoms with Crippen molar-refractivity contribution >= 4 is 0 Å². The Kier molecular flexibility index (Phi) is 5.71. The fourth-order valence-corrected chi connectivity index (χ4v) is 3.37. The maximum atomic E-state index is 5.78. The molecule has 0 aromatic heterocycles. The summed E-state index contributed by atoms with van der Waals surface area (Å²) in [5.41, 5.74) is 1.67. The Morgan fingerprint density at radius 2 is 2.28 bits per heavy atom. The van der Waals surface area contributed by atoms with Crippen molar-refractivity contribution in [3.05, 3.63) is 11.6 Å². The summed E-state index contributed by atoms with van der Waals surface area (Å²) in [4.78, 5) is 0. The highest BCUT2D eigenvalue weighted by Gasteiger charge is 2.33. The summed E-state index contributed by atoms with van der Waals surface area (Å²) in [5, 5.41) is 3.79. The van der Waals surface area contributed by atoms with Crippen LogP contribution in [-0.4, -0.2) is 25.3 Å². The van der Waals surface area contributed by atoms with E-state index in [4.69, 9.17) is 4.74 Å². The van der Waals surface area contributed by atoms with Gasteiger partial charge in [0.25, 0.3) is 0 Å². The molecule has 3 atom stereocenters. The monoisotopic (exact) mass is 251 g/mol. The second-order valence-corrected chi connectivity index (χ2v) is 5.84. The fraction of sp³-hybridized carbons (Fsp3) is 0.875. The summed E-state index contributed by atoms with van der Waals surface area (Å²) >= 11 is 0. The molecule has 2 rings (SSSR count). The molecule has 2 heteroatoms. The molecular weight excluding hydrogens is 222 g/mol. The van der Waals surface area contributed by atoms with Gasteiger partial charge in [-0.2, -0.15) is 0 Å². The number of rotatable bonds is 5. The van der Waals surface area contributed by atoms with Gasteiger partial charge in [-0.25, -0.2) is 0 Å². The maximum Gasteiger partial charge on any atom is 0.0594 e. The minimum Gasteiger partial charge on any atom is -0.378 e. The largest absolute Gasteiger partial charge is 0.378 e. The lowest BCUT2D eigenvalue weighted by atomic mass is 9.86. The maximum absolute atomic E-state index is 5.78. The first-order valence-electron chi connectivity index (χ1n) is 7.87. The van der Waals surface area contributed by atoms with Crippen LogP contribution in [0.4, 0.5) is 0 Å². The molecule has 0 radical (unpaired) electrons. The van der Waals surface area contributed by atoms with Crippen LogP contribution in [0.1, 0.15) is 58.8 Å². The molecule has 2 aliphatic rings. The van der Waals surface area contributed by atoms with Crippen molar-refractivity contribution < 1.29 is 4.74 Å². The first kappa shape index (κ1) is 14.1. The third-order valence-electron chi connectivity index (χ3n) is 4.45. The molecular formula is C16H29NO. The Bertz CT molecular complexity index is 274. The average molecular weight is 251 g/mol. The van der Waals surface area contributed by atoms with Crippen molar-refractivity contribution in [2.75, 3.05) is 13.2 Å². The van der Waals surface area contributed by atoms with Gasteiger partial charge in [0, 0.05) is 18.6 Å². The van der Waals surface area contributed by atoms with E-state index < -0.39 is 0 Å². The van der Waals surface area contributed by atoms with Gasteiger partial charge in [-0.05, 0) is 52.0 Å². The summed E-state index contributed by atoms with van der Waals surface area (Å²) in [7, 11) is 0. The van der Waals surface area contributed by atoms with Gasteiger partial charge in [0.2, 0.25) is 0 Å². The van der Waals surface area contributed by atoms with E-state index in [-0.39, 0.29) is 0 Å². The second kappa shape index (κ2) is 7.30. The van der Waals surface area contributed by atoms with Crippen molar-refractivity contribution in [1.29, 1.82) is 0 Å². The van der Waals surface area contributed by atoms with Crippen LogP contribution in [0.5, 0.6) is 0 Å². The van der Waals surface area contributed by atoms with E-state index in [1.54, 1.807) is 5.57 Å². The molecule has 0 amide bonds. The Morgan fingerprint density at radius 3 is 3.00 bits per heavy atom. The van der Waals surface area contributed by atoms with E-state index in [9.17, 15) is 0 Å². The van der Waals surface area contributed by atoms with E-state index in [1.165, 1.54) is 44.9 Å². The van der Waals surface area contributed by atoms with Crippen LogP contribution in [0.2, 0.25) is 0 Å². The molecule has 1 N–H and O–H groups in total. The molecule has 0 aromatic carbocycles. The molecule has 1 heterocycles. The van der Waals surface area contributed by atoms with Crippen LogP contribution in [0.15, 0.2) is 11.6 Å². The molecule has 3 unspecified atom stereocenters. The van der Waals surface area contributed by atoms with E-state index in [1.807, 2.05) is 0 Å². The summed E-state index contributed by atoms with van der Waals surface area (Å²) in [6.45, 7) is 6.57. The zero-order chi connectivity index (χ0) is 12.8. The van der Waals surface area contributed by atoms with Gasteiger partial charge in [-0.1, -0.05) is 25.0 Å². The SMILES string of the molecule is CCCNC(C1=CCCCCC1)C1CCOC1C. The van der Waals surface area contributed by atoms with Gasteiger partial charge in [0.1, 0.15) is 0 Å². The normalized spacial score (nSPS) is 30.9. The van der Waals surface area contributed by atoms with Gasteiger partial charge >= 0.3 is 0 Å². The van der Waals surface area contributed by atoms with Crippen molar-refractivity contribution in [1.82, 2.24) is 5.32 Å². The van der Waals surface area contributed by atoms with E-state index in [0.29, 0.717) is 18.1 Å². The van der Waals surface area contributed by atoms with Crippen molar-refractivity contribution in [2.45, 2.75) is 70.9 Å². The second-order valence-electron chi connectivity index (χ2n) is 5.84. The molecule has 0 spiro atoms. The standard InChI is InChI=1S/C16H29NO/c1-3-11-17-16(15-10-12-18-13(15)2)14-8-6-4-5-7-9-14/h8,13,15-17H,3-7,9-12H2,1-2H3. The molecule has 1 fully saturated rings. The summed E-state index contributed by atoms with van der Waals surface area (Å²) in [6, 6.07) is 0.570. The molecule has 1 saturated heterocycles. The minimum atomic E-state index is 0.420. The summed E-state index contributed by atoms with van der Waals surface area (Å²) in [6.07, 6.45) is 12.1. The highest BCUT2D eigenvalue weighted by Crippen LogP contribution is 2.31. The average Bonchev–Trinajstić information content (AvgIpc) is 2.65. The summed E-state index contributed by atoms with van der Waals surface area (Å²) < 4.78 is 5.78. The fourth-order valence-electron chi connectivity index (χ4n) is 3.37. The van der Waals surface area contributed by atoms with E-state index in [2.05, 4.69) is 25.2 Å². The van der Waals surface area contributed by atoms with Crippen molar-refractivity contribution in [3.63, 3.8) is 0 Å². The van der Waals surface area contributed by atoms with Crippen molar-refractivity contribution in [3.8, 4) is 0 Å². The highest BCUT2D eigenvalue weighted by molar-refractivity contribution is 5.15. The first-order chi connectivity index (χ1) is 8.83. The predicted octanol–water partition coefficient (Wildman–Crippen LogP) is 3.67. The van der Waals surface area contributed by atoms with Gasteiger partial charge in [-0.15, -0.1) is 0 Å². The Hall–Kier alpha value is -0.340. The molecule has 18 heavy (non-hydrogen) atoms. The Morgan fingerprint density at radius 1 is 1.39 bits per heavy atom. The minimum absolute atomic E-state index is 0.420. The van der Waals surface area contributed by atoms with Gasteiger partial charge < -0.3 is 10.1 Å². The molecule has 0 bridgehead atoms. The lowest BCUT2D eigenvalue weighted by molar-refractivity contribution is 0.0985. The van der Waals surface area contributed by atoms with E-state index >= 15 is 0 Å². The summed E-state index contributed by atoms with van der Waals surface area (Å²) in [5.74, 6) is 0.681. The molecule has 1 aliphatic carbocycles. The number of hydrogen-bond acceptors (Lipinski definition) is 2. The van der Waals surface area contributed by atoms with Gasteiger partial charge in [-0.3, -0.25) is 0 Å². The Labute approximate surface area is 112 Å². The molecule has 104 valence electrons. The quantitative estimate of drug-likeness (QED) is 0.753. The van der Waals surface area contributed by atoms with E-state index in [0.717, 1.165) is 13.2 Å². The lowest BCUT2D eigenvalue weighted by Gasteiger charge is -2.29.